The summed E-state index contributed by atoms with van der Waals surface area (Å²) in [6.07, 6.45) is 1.66. The Morgan fingerprint density at radius 3 is 2.50 bits per heavy atom. The normalized spacial score (nSPS) is 27.4. The van der Waals surface area contributed by atoms with Crippen LogP contribution >= 0.6 is 0 Å². The number of likely N-dealkylation sites (tertiary alicyclic amines) is 1. The topological polar surface area (TPSA) is 49.4 Å². The van der Waals surface area contributed by atoms with Gasteiger partial charge in [0.25, 0.3) is 0 Å². The van der Waals surface area contributed by atoms with E-state index in [9.17, 15) is 8.42 Å². The highest BCUT2D eigenvalue weighted by Gasteiger charge is 2.31. The molecule has 0 aromatic rings. The molecule has 0 aromatic carbocycles. The lowest BCUT2D eigenvalue weighted by Crippen LogP contribution is -2.40. The molecule has 2 atom stereocenters. The third-order valence-corrected chi connectivity index (χ3v) is 4.72. The van der Waals surface area contributed by atoms with Gasteiger partial charge in [-0.3, -0.25) is 0 Å². The average molecular weight is 248 g/mol. The predicted molar refractivity (Wildman–Crippen MR) is 66.9 cm³/mol. The first-order chi connectivity index (χ1) is 7.48. The van der Waals surface area contributed by atoms with Crippen molar-refractivity contribution in [1.82, 2.24) is 9.62 Å². The maximum absolute atomic E-state index is 11.8. The summed E-state index contributed by atoms with van der Waals surface area (Å²) in [5, 5.41) is 0. The molecule has 1 saturated heterocycles. The van der Waals surface area contributed by atoms with Crippen LogP contribution in [0.2, 0.25) is 0 Å². The first-order valence-corrected chi connectivity index (χ1v) is 7.86. The number of nitrogens with zero attached hydrogens (tertiary/aromatic N) is 1. The summed E-state index contributed by atoms with van der Waals surface area (Å²) in [5.74, 6) is 0.676. The first-order valence-electron chi connectivity index (χ1n) is 6.20. The molecule has 1 heterocycles. The van der Waals surface area contributed by atoms with Gasteiger partial charge in [-0.05, 0) is 18.9 Å². The van der Waals surface area contributed by atoms with Gasteiger partial charge in [0.2, 0.25) is 10.0 Å². The second-order valence-electron chi connectivity index (χ2n) is 4.73. The quantitative estimate of drug-likeness (QED) is 0.764. The monoisotopic (exact) mass is 248 g/mol. The van der Waals surface area contributed by atoms with Crippen LogP contribution in [0.4, 0.5) is 0 Å². The maximum Gasteiger partial charge on any atom is 0.211 e. The number of hydrogen-bond donors (Lipinski definition) is 1. The molecule has 0 aliphatic carbocycles. The second kappa shape index (κ2) is 5.98. The Morgan fingerprint density at radius 1 is 1.31 bits per heavy atom. The number of rotatable bonds is 6. The number of hydrogen-bond acceptors (Lipinski definition) is 3. The molecule has 0 bridgehead atoms. The number of sulfonamides is 1. The van der Waals surface area contributed by atoms with Crippen LogP contribution in [-0.2, 0) is 10.0 Å². The minimum absolute atomic E-state index is 0.0989. The Morgan fingerprint density at radius 2 is 2.00 bits per heavy atom. The zero-order valence-corrected chi connectivity index (χ0v) is 11.4. The van der Waals surface area contributed by atoms with Crippen LogP contribution in [0.1, 0.15) is 33.6 Å². The van der Waals surface area contributed by atoms with Gasteiger partial charge in [-0.2, -0.15) is 0 Å². The molecule has 0 saturated carbocycles. The highest BCUT2D eigenvalue weighted by Crippen LogP contribution is 2.16. The minimum atomic E-state index is -3.07. The van der Waals surface area contributed by atoms with Gasteiger partial charge in [0.15, 0.2) is 0 Å². The fourth-order valence-corrected chi connectivity index (χ4v) is 3.66. The lowest BCUT2D eigenvalue weighted by atomic mass is 10.1. The Hall–Kier alpha value is -0.130. The standard InChI is InChI=1S/C11H24N2O2S/c1-4-6-7-16(14,15)12-11-9-13(5-2)8-10(11)3/h10-12H,4-9H2,1-3H3/t10-,11+/m1/s1. The molecular weight excluding hydrogens is 224 g/mol. The van der Waals surface area contributed by atoms with Gasteiger partial charge in [-0.1, -0.05) is 27.2 Å². The minimum Gasteiger partial charge on any atom is -0.302 e. The molecule has 0 unspecified atom stereocenters. The third kappa shape index (κ3) is 4.03. The Bertz CT molecular complexity index is 303. The van der Waals surface area contributed by atoms with Crippen LogP contribution in [0.5, 0.6) is 0 Å². The highest BCUT2D eigenvalue weighted by molar-refractivity contribution is 7.89. The largest absolute Gasteiger partial charge is 0.302 e. The van der Waals surface area contributed by atoms with Crippen LogP contribution in [0.3, 0.4) is 0 Å². The molecule has 16 heavy (non-hydrogen) atoms. The molecule has 1 aliphatic rings. The van der Waals surface area contributed by atoms with Crippen molar-refractivity contribution in [2.24, 2.45) is 5.92 Å². The molecule has 4 nitrogen and oxygen atoms in total. The lowest BCUT2D eigenvalue weighted by molar-refractivity contribution is 0.344. The molecule has 1 N–H and O–H groups in total. The van der Waals surface area contributed by atoms with E-state index < -0.39 is 10.0 Å². The van der Waals surface area contributed by atoms with E-state index in [0.717, 1.165) is 32.5 Å². The average Bonchev–Trinajstić information content (AvgIpc) is 2.56. The van der Waals surface area contributed by atoms with E-state index in [1.54, 1.807) is 0 Å². The van der Waals surface area contributed by atoms with Crippen LogP contribution < -0.4 is 4.72 Å². The molecule has 1 rings (SSSR count). The molecular formula is C11H24N2O2S. The van der Waals surface area contributed by atoms with E-state index in [0.29, 0.717) is 5.92 Å². The molecule has 1 fully saturated rings. The number of likely N-dealkylation sites (N-methyl/N-ethyl adjacent to an activating group) is 1. The summed E-state index contributed by atoms with van der Waals surface area (Å²) >= 11 is 0. The summed E-state index contributed by atoms with van der Waals surface area (Å²) in [4.78, 5) is 2.29. The van der Waals surface area contributed by atoms with Crippen molar-refractivity contribution in [2.45, 2.75) is 39.7 Å². The van der Waals surface area contributed by atoms with Crippen molar-refractivity contribution in [3.8, 4) is 0 Å². The molecule has 5 heteroatoms. The Kier molecular flexibility index (Phi) is 5.21. The van der Waals surface area contributed by atoms with E-state index in [1.165, 1.54) is 0 Å². The summed E-state index contributed by atoms with van der Waals surface area (Å²) in [7, 11) is -3.07. The smallest absolute Gasteiger partial charge is 0.211 e. The number of nitrogens with one attached hydrogen (secondary N) is 1. The number of unbranched alkanes of at least 4 members (excludes halogenated alkanes) is 1. The fourth-order valence-electron chi connectivity index (χ4n) is 2.10. The maximum atomic E-state index is 11.8. The van der Waals surface area contributed by atoms with Crippen molar-refractivity contribution in [3.05, 3.63) is 0 Å². The Labute approximate surface area is 99.5 Å². The molecule has 1 aliphatic heterocycles. The summed E-state index contributed by atoms with van der Waals surface area (Å²) in [6.45, 7) is 9.08. The van der Waals surface area contributed by atoms with E-state index >= 15 is 0 Å². The van der Waals surface area contributed by atoms with E-state index in [1.807, 2.05) is 6.92 Å². The highest BCUT2D eigenvalue weighted by atomic mass is 32.2. The van der Waals surface area contributed by atoms with Gasteiger partial charge in [-0.25, -0.2) is 13.1 Å². The fraction of sp³-hybridized carbons (Fsp3) is 1.00. The van der Waals surface area contributed by atoms with Gasteiger partial charge >= 0.3 is 0 Å². The van der Waals surface area contributed by atoms with E-state index in [4.69, 9.17) is 0 Å². The van der Waals surface area contributed by atoms with Crippen LogP contribution in [0, 0.1) is 5.92 Å². The predicted octanol–water partition coefficient (Wildman–Crippen LogP) is 1.05. The van der Waals surface area contributed by atoms with E-state index in [2.05, 4.69) is 23.5 Å². The van der Waals surface area contributed by atoms with Crippen LogP contribution in [0.15, 0.2) is 0 Å². The summed E-state index contributed by atoms with van der Waals surface area (Å²) < 4.78 is 26.3. The zero-order valence-electron chi connectivity index (χ0n) is 10.6. The SMILES string of the molecule is CCCCS(=O)(=O)N[C@H]1CN(CC)C[C@H]1C. The van der Waals surface area contributed by atoms with Crippen molar-refractivity contribution in [3.63, 3.8) is 0 Å². The van der Waals surface area contributed by atoms with Crippen molar-refractivity contribution in [2.75, 3.05) is 25.4 Å². The first kappa shape index (κ1) is 13.9. The second-order valence-corrected chi connectivity index (χ2v) is 6.60. The molecule has 0 spiro atoms. The van der Waals surface area contributed by atoms with Crippen LogP contribution in [-0.4, -0.2) is 44.7 Å². The van der Waals surface area contributed by atoms with Crippen molar-refractivity contribution >= 4 is 10.0 Å². The van der Waals surface area contributed by atoms with Gasteiger partial charge in [0.05, 0.1) is 5.75 Å². The van der Waals surface area contributed by atoms with E-state index in [-0.39, 0.29) is 11.8 Å². The molecule has 0 aromatic heterocycles. The van der Waals surface area contributed by atoms with Gasteiger partial charge < -0.3 is 4.90 Å². The van der Waals surface area contributed by atoms with Crippen LogP contribution in [0.25, 0.3) is 0 Å². The Balaban J connectivity index is 2.48. The third-order valence-electron chi connectivity index (χ3n) is 3.23. The van der Waals surface area contributed by atoms with Crippen molar-refractivity contribution < 1.29 is 8.42 Å². The van der Waals surface area contributed by atoms with Gasteiger partial charge in [-0.15, -0.1) is 0 Å². The molecule has 0 radical (unpaired) electrons. The van der Waals surface area contributed by atoms with Gasteiger partial charge in [0, 0.05) is 19.1 Å². The lowest BCUT2D eigenvalue weighted by Gasteiger charge is -2.16. The zero-order chi connectivity index (χ0) is 12.2. The molecule has 0 amide bonds. The summed E-state index contributed by atoms with van der Waals surface area (Å²) in [6, 6.07) is 0.0989. The summed E-state index contributed by atoms with van der Waals surface area (Å²) in [5.41, 5.74) is 0. The van der Waals surface area contributed by atoms with Gasteiger partial charge in [0.1, 0.15) is 0 Å². The molecule has 96 valence electrons. The van der Waals surface area contributed by atoms with Crippen molar-refractivity contribution in [1.29, 1.82) is 0 Å².